The topological polar surface area (TPSA) is 49.4 Å². The average molecular weight is 276 g/mol. The van der Waals surface area contributed by atoms with E-state index in [1.807, 2.05) is 6.92 Å². The van der Waals surface area contributed by atoms with Gasteiger partial charge in [-0.2, -0.15) is 0 Å². The third-order valence-electron chi connectivity index (χ3n) is 4.33. The van der Waals surface area contributed by atoms with Crippen LogP contribution in [0.15, 0.2) is 0 Å². The van der Waals surface area contributed by atoms with E-state index in [1.54, 1.807) is 11.2 Å². The van der Waals surface area contributed by atoms with Crippen LogP contribution < -0.4 is 5.32 Å². The van der Waals surface area contributed by atoms with E-state index in [0.717, 1.165) is 25.8 Å². The van der Waals surface area contributed by atoms with Crippen molar-refractivity contribution in [2.45, 2.75) is 52.2 Å². The molecule has 1 aliphatic rings. The third-order valence-corrected chi connectivity index (χ3v) is 6.60. The lowest BCUT2D eigenvalue weighted by Gasteiger charge is -2.39. The van der Waals surface area contributed by atoms with Crippen molar-refractivity contribution in [2.75, 3.05) is 26.2 Å². The van der Waals surface area contributed by atoms with Crippen LogP contribution in [0.4, 0.5) is 0 Å². The van der Waals surface area contributed by atoms with Gasteiger partial charge in [0.05, 0.1) is 5.25 Å². The smallest absolute Gasteiger partial charge is 0.217 e. The molecule has 108 valence electrons. The van der Waals surface area contributed by atoms with Gasteiger partial charge in [0.25, 0.3) is 0 Å². The number of hydrogen-bond donors (Lipinski definition) is 1. The van der Waals surface area contributed by atoms with Crippen LogP contribution in [-0.4, -0.2) is 44.2 Å². The van der Waals surface area contributed by atoms with Gasteiger partial charge < -0.3 is 5.32 Å². The molecule has 0 aromatic carbocycles. The van der Waals surface area contributed by atoms with E-state index in [1.165, 1.54) is 0 Å². The Bertz CT molecular complexity index is 346. The van der Waals surface area contributed by atoms with Gasteiger partial charge >= 0.3 is 0 Å². The van der Waals surface area contributed by atoms with E-state index in [0.29, 0.717) is 25.0 Å². The SMILES string of the molecule is CCNCC(C)S(=O)(=O)N1CCC(C)(CC)CC1. The van der Waals surface area contributed by atoms with Crippen LogP contribution in [0.5, 0.6) is 0 Å². The minimum atomic E-state index is -3.12. The highest BCUT2D eigenvalue weighted by Gasteiger charge is 2.35. The molecule has 0 amide bonds. The number of rotatable bonds is 6. The molecule has 0 aromatic rings. The molecule has 0 aromatic heterocycles. The van der Waals surface area contributed by atoms with Crippen LogP contribution in [-0.2, 0) is 10.0 Å². The summed E-state index contributed by atoms with van der Waals surface area (Å²) >= 11 is 0. The first-order valence-electron chi connectivity index (χ1n) is 7.05. The summed E-state index contributed by atoms with van der Waals surface area (Å²) in [6.45, 7) is 11.0. The minimum Gasteiger partial charge on any atom is -0.316 e. The van der Waals surface area contributed by atoms with E-state index >= 15 is 0 Å². The normalized spacial score (nSPS) is 22.9. The molecule has 0 aliphatic carbocycles. The first kappa shape index (κ1) is 15.9. The van der Waals surface area contributed by atoms with Gasteiger partial charge in [-0.1, -0.05) is 27.2 Å². The highest BCUT2D eigenvalue weighted by Crippen LogP contribution is 2.35. The minimum absolute atomic E-state index is 0.330. The van der Waals surface area contributed by atoms with Crippen LogP contribution in [0, 0.1) is 5.41 Å². The second-order valence-electron chi connectivity index (χ2n) is 5.73. The molecule has 1 aliphatic heterocycles. The van der Waals surface area contributed by atoms with E-state index in [9.17, 15) is 8.42 Å². The predicted molar refractivity (Wildman–Crippen MR) is 76.1 cm³/mol. The summed E-state index contributed by atoms with van der Waals surface area (Å²) in [4.78, 5) is 0. The van der Waals surface area contributed by atoms with E-state index in [2.05, 4.69) is 19.2 Å². The fraction of sp³-hybridized carbons (Fsp3) is 1.00. The summed E-state index contributed by atoms with van der Waals surface area (Å²) in [6, 6.07) is 0. The van der Waals surface area contributed by atoms with Crippen molar-refractivity contribution in [3.05, 3.63) is 0 Å². The maximum Gasteiger partial charge on any atom is 0.217 e. The lowest BCUT2D eigenvalue weighted by molar-refractivity contribution is 0.168. The second kappa shape index (κ2) is 6.35. The molecule has 1 rings (SSSR count). The summed E-state index contributed by atoms with van der Waals surface area (Å²) in [5.74, 6) is 0. The van der Waals surface area contributed by atoms with Crippen LogP contribution in [0.3, 0.4) is 0 Å². The quantitative estimate of drug-likeness (QED) is 0.805. The second-order valence-corrected chi connectivity index (χ2v) is 8.08. The Morgan fingerprint density at radius 3 is 2.28 bits per heavy atom. The van der Waals surface area contributed by atoms with Gasteiger partial charge in [0.1, 0.15) is 0 Å². The van der Waals surface area contributed by atoms with Crippen molar-refractivity contribution >= 4 is 10.0 Å². The predicted octanol–water partition coefficient (Wildman–Crippen LogP) is 1.83. The summed E-state index contributed by atoms with van der Waals surface area (Å²) in [5.41, 5.74) is 0.330. The van der Waals surface area contributed by atoms with Gasteiger partial charge in [-0.15, -0.1) is 0 Å². The van der Waals surface area contributed by atoms with Gasteiger partial charge in [0, 0.05) is 19.6 Å². The molecule has 0 bridgehead atoms. The zero-order valence-electron chi connectivity index (χ0n) is 12.2. The van der Waals surface area contributed by atoms with Gasteiger partial charge in [-0.05, 0) is 31.7 Å². The molecule has 1 unspecified atom stereocenters. The van der Waals surface area contributed by atoms with Crippen molar-refractivity contribution in [1.29, 1.82) is 0 Å². The van der Waals surface area contributed by atoms with Crippen molar-refractivity contribution in [1.82, 2.24) is 9.62 Å². The molecule has 4 nitrogen and oxygen atoms in total. The van der Waals surface area contributed by atoms with Crippen LogP contribution in [0.25, 0.3) is 0 Å². The van der Waals surface area contributed by atoms with E-state index < -0.39 is 10.0 Å². The molecule has 5 heteroatoms. The lowest BCUT2D eigenvalue weighted by Crippen LogP contribution is -2.47. The van der Waals surface area contributed by atoms with Gasteiger partial charge in [0.2, 0.25) is 10.0 Å². The van der Waals surface area contributed by atoms with Gasteiger partial charge in [0.15, 0.2) is 0 Å². The van der Waals surface area contributed by atoms with Crippen LogP contribution >= 0.6 is 0 Å². The Morgan fingerprint density at radius 2 is 1.83 bits per heavy atom. The number of nitrogens with one attached hydrogen (secondary N) is 1. The monoisotopic (exact) mass is 276 g/mol. The largest absolute Gasteiger partial charge is 0.316 e. The Kier molecular flexibility index (Phi) is 5.62. The molecule has 1 fully saturated rings. The number of hydrogen-bond acceptors (Lipinski definition) is 3. The van der Waals surface area contributed by atoms with Crippen LogP contribution in [0.2, 0.25) is 0 Å². The Labute approximate surface area is 112 Å². The average Bonchev–Trinajstić information content (AvgIpc) is 2.36. The Balaban J connectivity index is 2.60. The third kappa shape index (κ3) is 3.68. The summed E-state index contributed by atoms with van der Waals surface area (Å²) in [6.07, 6.45) is 3.10. The Hall–Kier alpha value is -0.130. The zero-order valence-corrected chi connectivity index (χ0v) is 13.0. The molecule has 1 atom stereocenters. The molecule has 1 N–H and O–H groups in total. The number of sulfonamides is 1. The molecule has 0 radical (unpaired) electrons. The first-order chi connectivity index (χ1) is 8.35. The highest BCUT2D eigenvalue weighted by molar-refractivity contribution is 7.89. The first-order valence-corrected chi connectivity index (χ1v) is 8.55. The van der Waals surface area contributed by atoms with Crippen molar-refractivity contribution in [3.8, 4) is 0 Å². The lowest BCUT2D eigenvalue weighted by atomic mass is 9.79. The summed E-state index contributed by atoms with van der Waals surface area (Å²) in [7, 11) is -3.12. The van der Waals surface area contributed by atoms with Crippen molar-refractivity contribution in [2.24, 2.45) is 5.41 Å². The number of piperidine rings is 1. The van der Waals surface area contributed by atoms with Crippen molar-refractivity contribution < 1.29 is 8.42 Å². The molecule has 1 saturated heterocycles. The fourth-order valence-corrected chi connectivity index (χ4v) is 3.87. The molecular weight excluding hydrogens is 248 g/mol. The highest BCUT2D eigenvalue weighted by atomic mass is 32.2. The number of nitrogens with zero attached hydrogens (tertiary/aromatic N) is 1. The molecule has 0 spiro atoms. The Morgan fingerprint density at radius 1 is 1.28 bits per heavy atom. The maximum atomic E-state index is 12.4. The van der Waals surface area contributed by atoms with Crippen molar-refractivity contribution in [3.63, 3.8) is 0 Å². The van der Waals surface area contributed by atoms with Gasteiger partial charge in [-0.25, -0.2) is 12.7 Å². The molecule has 18 heavy (non-hydrogen) atoms. The van der Waals surface area contributed by atoms with E-state index in [-0.39, 0.29) is 5.25 Å². The van der Waals surface area contributed by atoms with Crippen LogP contribution in [0.1, 0.15) is 47.0 Å². The standard InChI is InChI=1S/C13H28N2O2S/c1-5-13(4)7-9-15(10-8-13)18(16,17)12(3)11-14-6-2/h12,14H,5-11H2,1-4H3. The summed E-state index contributed by atoms with van der Waals surface area (Å²) < 4.78 is 26.4. The fourth-order valence-electron chi connectivity index (χ4n) is 2.34. The summed E-state index contributed by atoms with van der Waals surface area (Å²) in [5, 5.41) is 2.78. The zero-order chi connectivity index (χ0) is 13.8. The van der Waals surface area contributed by atoms with E-state index in [4.69, 9.17) is 0 Å². The maximum absolute atomic E-state index is 12.4. The molecule has 1 heterocycles. The molecular formula is C13H28N2O2S. The van der Waals surface area contributed by atoms with Gasteiger partial charge in [-0.3, -0.25) is 0 Å². The molecule has 0 saturated carbocycles.